The summed E-state index contributed by atoms with van der Waals surface area (Å²) < 4.78 is 0.914. The molecule has 1 aromatic heterocycles. The first-order valence-electron chi connectivity index (χ1n) is 4.95. The smallest absolute Gasteiger partial charge is 0.0881 e. The topological polar surface area (TPSA) is 92.0 Å². The number of aryl methyl sites for hydroxylation is 1. The number of allylic oxidation sites excluding steroid dienone is 1. The number of nitrogens with zero attached hydrogens (tertiary/aromatic N) is 3. The Hall–Kier alpha value is -1.58. The molecule has 0 unspecified atom stereocenters. The number of aromatic nitrogens is 1. The van der Waals surface area contributed by atoms with Gasteiger partial charge >= 0.3 is 0 Å². The van der Waals surface area contributed by atoms with Crippen LogP contribution < -0.4 is 11.6 Å². The summed E-state index contributed by atoms with van der Waals surface area (Å²) in [7, 11) is 1.64. The van der Waals surface area contributed by atoms with Crippen LogP contribution in [0.25, 0.3) is 5.70 Å². The summed E-state index contributed by atoms with van der Waals surface area (Å²) in [5, 5.41) is 10.1. The van der Waals surface area contributed by atoms with Gasteiger partial charge in [-0.1, -0.05) is 0 Å². The monoisotopic (exact) mass is 295 g/mol. The summed E-state index contributed by atoms with van der Waals surface area (Å²) in [5.74, 6) is 5.64. The van der Waals surface area contributed by atoms with Gasteiger partial charge in [0.1, 0.15) is 0 Å². The summed E-state index contributed by atoms with van der Waals surface area (Å²) >= 11 is 3.37. The van der Waals surface area contributed by atoms with Crippen LogP contribution in [0.3, 0.4) is 0 Å². The van der Waals surface area contributed by atoms with Crippen molar-refractivity contribution in [3.63, 3.8) is 0 Å². The number of hydrogen-bond donors (Lipinski definition) is 2. The van der Waals surface area contributed by atoms with Gasteiger partial charge < -0.3 is 10.7 Å². The molecule has 0 radical (unpaired) electrons. The number of hydrazine groups is 1. The molecule has 0 saturated carbocycles. The second kappa shape index (κ2) is 5.66. The molecular formula is C11H14BrN5. The molecule has 0 fully saturated rings. The summed E-state index contributed by atoms with van der Waals surface area (Å²) in [5.41, 5.74) is 8.41. The zero-order valence-corrected chi connectivity index (χ0v) is 11.3. The van der Waals surface area contributed by atoms with E-state index in [9.17, 15) is 0 Å². The van der Waals surface area contributed by atoms with Gasteiger partial charge in [-0.2, -0.15) is 5.26 Å². The van der Waals surface area contributed by atoms with Crippen LogP contribution in [0.4, 0.5) is 0 Å². The van der Waals surface area contributed by atoms with E-state index in [2.05, 4.69) is 20.9 Å². The van der Waals surface area contributed by atoms with E-state index in [0.717, 1.165) is 10.2 Å². The second-order valence-electron chi connectivity index (χ2n) is 3.57. The number of nitrogens with two attached hydrogens (primary N) is 2. The molecule has 0 spiro atoms. The van der Waals surface area contributed by atoms with Gasteiger partial charge in [0.25, 0.3) is 0 Å². The van der Waals surface area contributed by atoms with Crippen LogP contribution in [-0.4, -0.2) is 17.0 Å². The van der Waals surface area contributed by atoms with Crippen molar-refractivity contribution in [3.05, 3.63) is 33.7 Å². The van der Waals surface area contributed by atoms with E-state index in [4.69, 9.17) is 16.8 Å². The van der Waals surface area contributed by atoms with E-state index in [-0.39, 0.29) is 6.42 Å². The summed E-state index contributed by atoms with van der Waals surface area (Å²) in [6, 6.07) is 5.68. The fraction of sp³-hybridized carbons (Fsp3) is 0.273. The summed E-state index contributed by atoms with van der Waals surface area (Å²) in [6.07, 6.45) is 0.148. The van der Waals surface area contributed by atoms with Gasteiger partial charge in [-0.25, -0.2) is 5.84 Å². The first-order chi connectivity index (χ1) is 7.97. The Labute approximate surface area is 109 Å². The summed E-state index contributed by atoms with van der Waals surface area (Å²) in [6.45, 7) is 1.87. The maximum atomic E-state index is 8.73. The predicted octanol–water partition coefficient (Wildman–Crippen LogP) is 1.50. The van der Waals surface area contributed by atoms with Crippen molar-refractivity contribution in [1.82, 2.24) is 9.99 Å². The Balaban J connectivity index is 3.24. The summed E-state index contributed by atoms with van der Waals surface area (Å²) in [4.78, 5) is 4.34. The molecule has 0 aromatic carbocycles. The van der Waals surface area contributed by atoms with Gasteiger partial charge in [-0.05, 0) is 35.0 Å². The molecule has 0 aliphatic heterocycles. The largest absolute Gasteiger partial charge is 0.395 e. The fourth-order valence-electron chi connectivity index (χ4n) is 1.33. The van der Waals surface area contributed by atoms with Crippen LogP contribution in [0.5, 0.6) is 0 Å². The number of pyridine rings is 1. The maximum absolute atomic E-state index is 8.73. The van der Waals surface area contributed by atoms with Crippen LogP contribution in [0.2, 0.25) is 0 Å². The van der Waals surface area contributed by atoms with Gasteiger partial charge in [-0.15, -0.1) is 0 Å². The molecule has 1 rings (SSSR count). The lowest BCUT2D eigenvalue weighted by Gasteiger charge is -2.17. The zero-order chi connectivity index (χ0) is 13.0. The third-order valence-corrected chi connectivity index (χ3v) is 3.12. The normalized spacial score (nSPS) is 11.7. The highest BCUT2D eigenvalue weighted by Crippen LogP contribution is 2.19. The molecule has 0 atom stereocenters. The lowest BCUT2D eigenvalue weighted by atomic mass is 10.2. The molecule has 5 nitrogen and oxygen atoms in total. The lowest BCUT2D eigenvalue weighted by molar-refractivity contribution is 0.434. The van der Waals surface area contributed by atoms with Crippen molar-refractivity contribution in [2.24, 2.45) is 11.6 Å². The van der Waals surface area contributed by atoms with Crippen molar-refractivity contribution in [2.45, 2.75) is 13.3 Å². The molecule has 1 aromatic rings. The highest BCUT2D eigenvalue weighted by atomic mass is 79.9. The van der Waals surface area contributed by atoms with Crippen LogP contribution >= 0.6 is 15.9 Å². The third-order valence-electron chi connectivity index (χ3n) is 2.28. The molecule has 4 N–H and O–H groups in total. The molecule has 90 valence electrons. The van der Waals surface area contributed by atoms with Crippen LogP contribution in [0.1, 0.15) is 17.8 Å². The number of halogens is 1. The lowest BCUT2D eigenvalue weighted by Crippen LogP contribution is -2.27. The molecule has 0 bridgehead atoms. The molecule has 6 heteroatoms. The second-order valence-corrected chi connectivity index (χ2v) is 4.42. The predicted molar refractivity (Wildman–Crippen MR) is 70.0 cm³/mol. The van der Waals surface area contributed by atoms with Crippen molar-refractivity contribution in [1.29, 1.82) is 5.26 Å². The number of hydrogen-bond acceptors (Lipinski definition) is 5. The van der Waals surface area contributed by atoms with Gasteiger partial charge in [-0.3, -0.25) is 4.98 Å². The quantitative estimate of drug-likeness (QED) is 0.651. The highest BCUT2D eigenvalue weighted by molar-refractivity contribution is 9.10. The zero-order valence-electron chi connectivity index (χ0n) is 9.74. The van der Waals surface area contributed by atoms with E-state index in [1.165, 1.54) is 5.01 Å². The van der Waals surface area contributed by atoms with Crippen LogP contribution in [0, 0.1) is 18.3 Å². The van der Waals surface area contributed by atoms with Crippen LogP contribution in [0.15, 0.2) is 22.3 Å². The number of nitriles is 1. The average Bonchev–Trinajstić information content (AvgIpc) is 2.28. The van der Waals surface area contributed by atoms with Gasteiger partial charge in [0.2, 0.25) is 0 Å². The first-order valence-corrected chi connectivity index (χ1v) is 5.74. The highest BCUT2D eigenvalue weighted by Gasteiger charge is 2.10. The Kier molecular flexibility index (Phi) is 4.49. The Morgan fingerprint density at radius 1 is 1.59 bits per heavy atom. The fourth-order valence-corrected chi connectivity index (χ4v) is 1.55. The number of rotatable bonds is 3. The molecule has 0 amide bonds. The Morgan fingerprint density at radius 2 is 2.24 bits per heavy atom. The molecule has 0 aliphatic carbocycles. The minimum absolute atomic E-state index is 0.148. The van der Waals surface area contributed by atoms with E-state index in [1.54, 1.807) is 13.1 Å². The van der Waals surface area contributed by atoms with Gasteiger partial charge in [0.15, 0.2) is 0 Å². The van der Waals surface area contributed by atoms with E-state index in [1.807, 2.05) is 19.1 Å². The average molecular weight is 296 g/mol. The molecular weight excluding hydrogens is 282 g/mol. The molecule has 0 saturated heterocycles. The SMILES string of the molecule is Cc1nc(/C(N)=C(\CC#N)N(C)N)ccc1Br. The van der Waals surface area contributed by atoms with Crippen molar-refractivity contribution in [3.8, 4) is 6.07 Å². The van der Waals surface area contributed by atoms with E-state index >= 15 is 0 Å². The Bertz CT molecular complexity index is 487. The standard InChI is InChI=1S/C11H14BrN5/c1-7-8(12)3-4-9(16-7)11(14)10(5-6-13)17(2)15/h3-4H,5,14-15H2,1-2H3/b11-10-. The molecule has 0 aliphatic rings. The molecule has 1 heterocycles. The third kappa shape index (κ3) is 3.19. The maximum Gasteiger partial charge on any atom is 0.0881 e. The minimum atomic E-state index is 0.148. The Morgan fingerprint density at radius 3 is 2.71 bits per heavy atom. The van der Waals surface area contributed by atoms with Crippen LogP contribution in [-0.2, 0) is 0 Å². The van der Waals surface area contributed by atoms with E-state index < -0.39 is 0 Å². The van der Waals surface area contributed by atoms with E-state index in [0.29, 0.717) is 17.1 Å². The van der Waals surface area contributed by atoms with Crippen molar-refractivity contribution < 1.29 is 0 Å². The first kappa shape index (κ1) is 13.5. The molecule has 17 heavy (non-hydrogen) atoms. The minimum Gasteiger partial charge on any atom is -0.395 e. The van der Waals surface area contributed by atoms with Crippen molar-refractivity contribution in [2.75, 3.05) is 7.05 Å². The van der Waals surface area contributed by atoms with Crippen molar-refractivity contribution >= 4 is 21.6 Å². The van der Waals surface area contributed by atoms with Gasteiger partial charge in [0, 0.05) is 11.5 Å². The van der Waals surface area contributed by atoms with Gasteiger partial charge in [0.05, 0.1) is 35.3 Å².